The van der Waals surface area contributed by atoms with Gasteiger partial charge in [0.15, 0.2) is 0 Å². The lowest BCUT2D eigenvalue weighted by atomic mass is 10.1. The molecule has 0 saturated carbocycles. The maximum absolute atomic E-state index is 13.9. The largest absolute Gasteiger partial charge is 0.312 e. The first-order chi connectivity index (χ1) is 8.68. The number of aromatic nitrogens is 3. The van der Waals surface area contributed by atoms with Gasteiger partial charge < -0.3 is 5.32 Å². The predicted octanol–water partition coefficient (Wildman–Crippen LogP) is 2.15. The van der Waals surface area contributed by atoms with Crippen LogP contribution in [0, 0.1) is 11.7 Å². The molecule has 1 N–H and O–H groups in total. The Morgan fingerprint density at radius 2 is 2.22 bits per heavy atom. The van der Waals surface area contributed by atoms with E-state index < -0.39 is 0 Å². The molecule has 0 radical (unpaired) electrons. The minimum atomic E-state index is -0.223. The van der Waals surface area contributed by atoms with Crippen LogP contribution in [-0.2, 0) is 6.54 Å². The number of benzene rings is 1. The summed E-state index contributed by atoms with van der Waals surface area (Å²) in [6.07, 6.45) is 3.01. The van der Waals surface area contributed by atoms with Gasteiger partial charge in [-0.25, -0.2) is 14.1 Å². The second-order valence-electron chi connectivity index (χ2n) is 4.60. The number of hydrogen-bond acceptors (Lipinski definition) is 3. The normalized spacial score (nSPS) is 11.1. The molecule has 2 aromatic rings. The first-order valence-electron chi connectivity index (χ1n) is 6.01. The van der Waals surface area contributed by atoms with Gasteiger partial charge >= 0.3 is 0 Å². The van der Waals surface area contributed by atoms with E-state index in [-0.39, 0.29) is 5.82 Å². The molecule has 0 aliphatic carbocycles. The van der Waals surface area contributed by atoms with Crippen LogP contribution >= 0.6 is 0 Å². The van der Waals surface area contributed by atoms with Crippen molar-refractivity contribution in [3.8, 4) is 5.69 Å². The molecule has 4 nitrogen and oxygen atoms in total. The second kappa shape index (κ2) is 5.73. The molecule has 1 aromatic carbocycles. The van der Waals surface area contributed by atoms with Crippen LogP contribution in [0.2, 0.25) is 0 Å². The van der Waals surface area contributed by atoms with Gasteiger partial charge in [0, 0.05) is 12.1 Å². The summed E-state index contributed by atoms with van der Waals surface area (Å²) in [5, 5.41) is 7.29. The first kappa shape index (κ1) is 12.7. The van der Waals surface area contributed by atoms with E-state index in [4.69, 9.17) is 0 Å². The summed E-state index contributed by atoms with van der Waals surface area (Å²) in [6, 6.07) is 4.98. The molecule has 0 bridgehead atoms. The van der Waals surface area contributed by atoms with Crippen LogP contribution in [0.3, 0.4) is 0 Å². The highest BCUT2D eigenvalue weighted by Crippen LogP contribution is 2.16. The Kier molecular flexibility index (Phi) is 4.04. The van der Waals surface area contributed by atoms with Gasteiger partial charge in [0.2, 0.25) is 0 Å². The molecule has 18 heavy (non-hydrogen) atoms. The minimum Gasteiger partial charge on any atom is -0.312 e. The second-order valence-corrected chi connectivity index (χ2v) is 4.60. The molecule has 2 rings (SSSR count). The molecule has 0 saturated heterocycles. The Balaban J connectivity index is 2.22. The Hall–Kier alpha value is -1.75. The number of hydrogen-bond donors (Lipinski definition) is 1. The zero-order chi connectivity index (χ0) is 13.0. The standard InChI is InChI=1S/C13H17FN4/c1-10(2)6-15-7-11-12(14)4-3-5-13(11)18-9-16-8-17-18/h3-5,8-10,15H,6-7H2,1-2H3. The van der Waals surface area contributed by atoms with E-state index >= 15 is 0 Å². The molecule has 0 amide bonds. The third-order valence-electron chi connectivity index (χ3n) is 2.61. The maximum atomic E-state index is 13.9. The zero-order valence-corrected chi connectivity index (χ0v) is 10.6. The van der Waals surface area contributed by atoms with E-state index in [1.165, 1.54) is 12.4 Å². The van der Waals surface area contributed by atoms with Gasteiger partial charge in [0.05, 0.1) is 5.69 Å². The van der Waals surface area contributed by atoms with Crippen LogP contribution in [0.4, 0.5) is 4.39 Å². The third-order valence-corrected chi connectivity index (χ3v) is 2.61. The average Bonchev–Trinajstić information content (AvgIpc) is 2.84. The highest BCUT2D eigenvalue weighted by molar-refractivity contribution is 5.40. The number of halogens is 1. The lowest BCUT2D eigenvalue weighted by Gasteiger charge is -2.12. The minimum absolute atomic E-state index is 0.223. The van der Waals surface area contributed by atoms with Crippen molar-refractivity contribution in [3.63, 3.8) is 0 Å². The van der Waals surface area contributed by atoms with Crippen LogP contribution in [0.25, 0.3) is 5.69 Å². The van der Waals surface area contributed by atoms with Crippen LogP contribution in [0.15, 0.2) is 30.9 Å². The van der Waals surface area contributed by atoms with Crippen LogP contribution in [0.1, 0.15) is 19.4 Å². The maximum Gasteiger partial charge on any atom is 0.138 e. The van der Waals surface area contributed by atoms with Crippen molar-refractivity contribution in [2.24, 2.45) is 5.92 Å². The summed E-state index contributed by atoms with van der Waals surface area (Å²) in [7, 11) is 0. The molecular formula is C13H17FN4. The molecule has 0 spiro atoms. The summed E-state index contributed by atoms with van der Waals surface area (Å²) in [5.74, 6) is 0.311. The molecule has 0 unspecified atom stereocenters. The first-order valence-corrected chi connectivity index (χ1v) is 6.01. The number of nitrogens with zero attached hydrogens (tertiary/aromatic N) is 3. The third kappa shape index (κ3) is 2.92. The summed E-state index contributed by atoms with van der Waals surface area (Å²) in [4.78, 5) is 3.89. The summed E-state index contributed by atoms with van der Waals surface area (Å²) in [6.45, 7) is 5.57. The lowest BCUT2D eigenvalue weighted by Crippen LogP contribution is -2.21. The predicted molar refractivity (Wildman–Crippen MR) is 67.9 cm³/mol. The van der Waals surface area contributed by atoms with Crippen molar-refractivity contribution >= 4 is 0 Å². The molecule has 0 atom stereocenters. The highest BCUT2D eigenvalue weighted by Gasteiger charge is 2.10. The molecule has 5 heteroatoms. The molecule has 96 valence electrons. The van der Waals surface area contributed by atoms with Gasteiger partial charge in [-0.2, -0.15) is 5.10 Å². The smallest absolute Gasteiger partial charge is 0.138 e. The fourth-order valence-electron chi connectivity index (χ4n) is 1.76. The van der Waals surface area contributed by atoms with Crippen molar-refractivity contribution in [1.82, 2.24) is 20.1 Å². The van der Waals surface area contributed by atoms with Gasteiger partial charge in [0.25, 0.3) is 0 Å². The summed E-state index contributed by atoms with van der Waals surface area (Å²) >= 11 is 0. The van der Waals surface area contributed by atoms with Gasteiger partial charge in [-0.3, -0.25) is 0 Å². The molecule has 1 aromatic heterocycles. The molecule has 1 heterocycles. The van der Waals surface area contributed by atoms with Crippen molar-refractivity contribution in [3.05, 3.63) is 42.2 Å². The van der Waals surface area contributed by atoms with Crippen molar-refractivity contribution in [2.75, 3.05) is 6.54 Å². The van der Waals surface area contributed by atoms with Crippen LogP contribution in [-0.4, -0.2) is 21.3 Å². The van der Waals surface area contributed by atoms with E-state index in [2.05, 4.69) is 29.2 Å². The fraction of sp³-hybridized carbons (Fsp3) is 0.385. The number of rotatable bonds is 5. The Bertz CT molecular complexity index is 494. The molecule has 0 aliphatic heterocycles. The Labute approximate surface area is 106 Å². The van der Waals surface area contributed by atoms with E-state index in [0.717, 1.165) is 12.2 Å². The highest BCUT2D eigenvalue weighted by atomic mass is 19.1. The SMILES string of the molecule is CC(C)CNCc1c(F)cccc1-n1cncn1. The van der Waals surface area contributed by atoms with Crippen molar-refractivity contribution in [2.45, 2.75) is 20.4 Å². The van der Waals surface area contributed by atoms with Gasteiger partial charge in [-0.15, -0.1) is 0 Å². The van der Waals surface area contributed by atoms with E-state index in [9.17, 15) is 4.39 Å². The van der Waals surface area contributed by atoms with Crippen molar-refractivity contribution < 1.29 is 4.39 Å². The molecule has 0 aliphatic rings. The zero-order valence-electron chi connectivity index (χ0n) is 10.6. The number of nitrogens with one attached hydrogen (secondary N) is 1. The summed E-state index contributed by atoms with van der Waals surface area (Å²) < 4.78 is 15.4. The topological polar surface area (TPSA) is 42.7 Å². The average molecular weight is 248 g/mol. The molecule has 0 fully saturated rings. The van der Waals surface area contributed by atoms with E-state index in [1.807, 2.05) is 6.07 Å². The van der Waals surface area contributed by atoms with Crippen molar-refractivity contribution in [1.29, 1.82) is 0 Å². The van der Waals surface area contributed by atoms with E-state index in [0.29, 0.717) is 18.0 Å². The van der Waals surface area contributed by atoms with Gasteiger partial charge in [-0.1, -0.05) is 19.9 Å². The van der Waals surface area contributed by atoms with Gasteiger partial charge in [0.1, 0.15) is 18.5 Å². The summed E-state index contributed by atoms with van der Waals surface area (Å²) in [5.41, 5.74) is 1.34. The Morgan fingerprint density at radius 1 is 1.39 bits per heavy atom. The fourth-order valence-corrected chi connectivity index (χ4v) is 1.76. The van der Waals surface area contributed by atoms with Gasteiger partial charge in [-0.05, 0) is 24.6 Å². The quantitative estimate of drug-likeness (QED) is 0.881. The lowest BCUT2D eigenvalue weighted by molar-refractivity contribution is 0.532. The Morgan fingerprint density at radius 3 is 2.89 bits per heavy atom. The van der Waals surface area contributed by atoms with Crippen LogP contribution < -0.4 is 5.32 Å². The molecular weight excluding hydrogens is 231 g/mol. The monoisotopic (exact) mass is 248 g/mol. The van der Waals surface area contributed by atoms with Crippen LogP contribution in [0.5, 0.6) is 0 Å². The van der Waals surface area contributed by atoms with E-state index in [1.54, 1.807) is 17.1 Å².